The monoisotopic (exact) mass is 229 g/mol. The third-order valence-electron chi connectivity index (χ3n) is 1.69. The van der Waals surface area contributed by atoms with Gasteiger partial charge in [0.1, 0.15) is 5.01 Å². The highest BCUT2D eigenvalue weighted by Gasteiger charge is 2.09. The molecule has 3 nitrogen and oxygen atoms in total. The SMILES string of the molecule is CCNC(=S)NC(C)c1nc(C)cs1. The molecule has 0 aliphatic rings. The van der Waals surface area contributed by atoms with E-state index in [-0.39, 0.29) is 6.04 Å². The molecule has 0 saturated carbocycles. The van der Waals surface area contributed by atoms with E-state index in [0.717, 1.165) is 17.2 Å². The van der Waals surface area contributed by atoms with E-state index in [1.165, 1.54) is 0 Å². The van der Waals surface area contributed by atoms with Crippen molar-refractivity contribution in [2.45, 2.75) is 26.8 Å². The summed E-state index contributed by atoms with van der Waals surface area (Å²) in [6.07, 6.45) is 0. The molecule has 2 N–H and O–H groups in total. The van der Waals surface area contributed by atoms with Gasteiger partial charge in [-0.05, 0) is 33.0 Å². The third-order valence-corrected chi connectivity index (χ3v) is 3.10. The first-order valence-electron chi connectivity index (χ1n) is 4.60. The Morgan fingerprint density at radius 3 is 2.93 bits per heavy atom. The second-order valence-electron chi connectivity index (χ2n) is 3.05. The van der Waals surface area contributed by atoms with Gasteiger partial charge in [0.25, 0.3) is 0 Å². The van der Waals surface area contributed by atoms with E-state index in [2.05, 4.69) is 22.5 Å². The Morgan fingerprint density at radius 2 is 2.43 bits per heavy atom. The molecule has 0 saturated heterocycles. The standard InChI is InChI=1S/C9H15N3S2/c1-4-10-9(13)12-7(3)8-11-6(2)5-14-8/h5,7H,4H2,1-3H3,(H2,10,12,13). The zero-order valence-electron chi connectivity index (χ0n) is 8.63. The van der Waals surface area contributed by atoms with Crippen molar-refractivity contribution in [1.29, 1.82) is 0 Å². The molecular formula is C9H15N3S2. The normalized spacial score (nSPS) is 12.2. The van der Waals surface area contributed by atoms with Gasteiger partial charge in [-0.1, -0.05) is 0 Å². The van der Waals surface area contributed by atoms with Crippen molar-refractivity contribution in [1.82, 2.24) is 15.6 Å². The zero-order chi connectivity index (χ0) is 10.6. The molecule has 0 amide bonds. The number of aryl methyl sites for hydroxylation is 1. The minimum atomic E-state index is 0.181. The lowest BCUT2D eigenvalue weighted by Crippen LogP contribution is -2.36. The van der Waals surface area contributed by atoms with Crippen LogP contribution in [0.2, 0.25) is 0 Å². The Morgan fingerprint density at radius 1 is 1.71 bits per heavy atom. The minimum absolute atomic E-state index is 0.181. The summed E-state index contributed by atoms with van der Waals surface area (Å²) in [7, 11) is 0. The van der Waals surface area contributed by atoms with Crippen LogP contribution in [-0.2, 0) is 0 Å². The predicted molar refractivity (Wildman–Crippen MR) is 64.7 cm³/mol. The van der Waals surface area contributed by atoms with Gasteiger partial charge in [0.15, 0.2) is 5.11 Å². The van der Waals surface area contributed by atoms with Crippen LogP contribution in [0.1, 0.15) is 30.6 Å². The largest absolute Gasteiger partial charge is 0.363 e. The van der Waals surface area contributed by atoms with Crippen molar-refractivity contribution in [3.8, 4) is 0 Å². The van der Waals surface area contributed by atoms with Crippen LogP contribution in [0.5, 0.6) is 0 Å². The summed E-state index contributed by atoms with van der Waals surface area (Å²) in [6, 6.07) is 0.181. The van der Waals surface area contributed by atoms with Gasteiger partial charge >= 0.3 is 0 Å². The van der Waals surface area contributed by atoms with Crippen LogP contribution in [0.4, 0.5) is 0 Å². The number of nitrogens with zero attached hydrogens (tertiary/aromatic N) is 1. The maximum atomic E-state index is 5.09. The van der Waals surface area contributed by atoms with Crippen molar-refractivity contribution >= 4 is 28.7 Å². The summed E-state index contributed by atoms with van der Waals surface area (Å²) in [5.41, 5.74) is 1.06. The summed E-state index contributed by atoms with van der Waals surface area (Å²) < 4.78 is 0. The minimum Gasteiger partial charge on any atom is -0.363 e. The molecule has 1 rings (SSSR count). The van der Waals surface area contributed by atoms with Gasteiger partial charge < -0.3 is 10.6 Å². The molecule has 1 atom stereocenters. The molecule has 78 valence electrons. The second-order valence-corrected chi connectivity index (χ2v) is 4.35. The van der Waals surface area contributed by atoms with E-state index in [1.54, 1.807) is 11.3 Å². The maximum Gasteiger partial charge on any atom is 0.166 e. The molecule has 0 aliphatic carbocycles. The van der Waals surface area contributed by atoms with Gasteiger partial charge in [0.05, 0.1) is 6.04 Å². The van der Waals surface area contributed by atoms with Crippen LogP contribution in [0.3, 0.4) is 0 Å². The first kappa shape index (κ1) is 11.4. The predicted octanol–water partition coefficient (Wildman–Crippen LogP) is 2.00. The number of hydrogen-bond acceptors (Lipinski definition) is 3. The quantitative estimate of drug-likeness (QED) is 0.777. The van der Waals surface area contributed by atoms with Gasteiger partial charge in [-0.15, -0.1) is 11.3 Å². The highest BCUT2D eigenvalue weighted by Crippen LogP contribution is 2.16. The fourth-order valence-corrected chi connectivity index (χ4v) is 2.17. The molecule has 0 bridgehead atoms. The fourth-order valence-electron chi connectivity index (χ4n) is 1.04. The molecule has 0 spiro atoms. The number of hydrogen-bond donors (Lipinski definition) is 2. The highest BCUT2D eigenvalue weighted by atomic mass is 32.1. The molecule has 1 unspecified atom stereocenters. The Balaban J connectivity index is 2.50. The van der Waals surface area contributed by atoms with Crippen LogP contribution in [-0.4, -0.2) is 16.6 Å². The second kappa shape index (κ2) is 5.26. The lowest BCUT2D eigenvalue weighted by atomic mass is 10.3. The number of nitrogens with one attached hydrogen (secondary N) is 2. The van der Waals surface area contributed by atoms with E-state index in [9.17, 15) is 0 Å². The molecule has 0 fully saturated rings. The molecular weight excluding hydrogens is 214 g/mol. The molecule has 0 aromatic carbocycles. The van der Waals surface area contributed by atoms with Gasteiger partial charge in [-0.25, -0.2) is 4.98 Å². The number of aromatic nitrogens is 1. The molecule has 1 aromatic heterocycles. The van der Waals surface area contributed by atoms with E-state index >= 15 is 0 Å². The maximum absolute atomic E-state index is 5.09. The molecule has 0 radical (unpaired) electrons. The van der Waals surface area contributed by atoms with Gasteiger partial charge in [0, 0.05) is 17.6 Å². The average Bonchev–Trinajstić information content (AvgIpc) is 2.52. The molecule has 1 aromatic rings. The number of thiocarbonyl (C=S) groups is 1. The van der Waals surface area contributed by atoms with E-state index < -0.39 is 0 Å². The molecule has 5 heteroatoms. The van der Waals surface area contributed by atoms with Crippen molar-refractivity contribution < 1.29 is 0 Å². The third kappa shape index (κ3) is 3.23. The van der Waals surface area contributed by atoms with Gasteiger partial charge in [-0.3, -0.25) is 0 Å². The fraction of sp³-hybridized carbons (Fsp3) is 0.556. The number of rotatable bonds is 3. The van der Waals surface area contributed by atoms with Crippen LogP contribution in [0.15, 0.2) is 5.38 Å². The van der Waals surface area contributed by atoms with Crippen molar-refractivity contribution in [2.24, 2.45) is 0 Å². The van der Waals surface area contributed by atoms with Crippen molar-refractivity contribution in [3.63, 3.8) is 0 Å². The van der Waals surface area contributed by atoms with E-state index in [4.69, 9.17) is 12.2 Å². The van der Waals surface area contributed by atoms with Crippen LogP contribution in [0.25, 0.3) is 0 Å². The molecule has 1 heterocycles. The van der Waals surface area contributed by atoms with Crippen molar-refractivity contribution in [3.05, 3.63) is 16.1 Å². The summed E-state index contributed by atoms with van der Waals surface area (Å²) in [4.78, 5) is 4.39. The van der Waals surface area contributed by atoms with Crippen molar-refractivity contribution in [2.75, 3.05) is 6.54 Å². The Bertz CT molecular complexity index is 309. The first-order chi connectivity index (χ1) is 6.63. The van der Waals surface area contributed by atoms with Crippen LogP contribution >= 0.6 is 23.6 Å². The lowest BCUT2D eigenvalue weighted by molar-refractivity contribution is 0.694. The summed E-state index contributed by atoms with van der Waals surface area (Å²) in [5.74, 6) is 0. The Labute approximate surface area is 93.9 Å². The Kier molecular flexibility index (Phi) is 4.28. The van der Waals surface area contributed by atoms with E-state index in [0.29, 0.717) is 5.11 Å². The van der Waals surface area contributed by atoms with Crippen LogP contribution < -0.4 is 10.6 Å². The summed E-state index contributed by atoms with van der Waals surface area (Å²) >= 11 is 6.75. The molecule has 14 heavy (non-hydrogen) atoms. The topological polar surface area (TPSA) is 37.0 Å². The van der Waals surface area contributed by atoms with Gasteiger partial charge in [-0.2, -0.15) is 0 Å². The highest BCUT2D eigenvalue weighted by molar-refractivity contribution is 7.80. The van der Waals surface area contributed by atoms with Gasteiger partial charge in [0.2, 0.25) is 0 Å². The average molecular weight is 229 g/mol. The Hall–Kier alpha value is -0.680. The van der Waals surface area contributed by atoms with Crippen LogP contribution in [0, 0.1) is 6.92 Å². The first-order valence-corrected chi connectivity index (χ1v) is 5.88. The summed E-state index contributed by atoms with van der Waals surface area (Å²) in [6.45, 7) is 6.92. The number of thiazole rings is 1. The molecule has 0 aliphatic heterocycles. The summed E-state index contributed by atoms with van der Waals surface area (Å²) in [5, 5.41) is 10.0. The zero-order valence-corrected chi connectivity index (χ0v) is 10.3. The smallest absolute Gasteiger partial charge is 0.166 e. The van der Waals surface area contributed by atoms with E-state index in [1.807, 2.05) is 19.2 Å². The lowest BCUT2D eigenvalue weighted by Gasteiger charge is -2.13.